The third-order valence-corrected chi connectivity index (χ3v) is 3.59. The van der Waals surface area contributed by atoms with Gasteiger partial charge in [0.2, 0.25) is 0 Å². The molecule has 0 amide bonds. The van der Waals surface area contributed by atoms with Crippen LogP contribution in [0.2, 0.25) is 0 Å². The number of ether oxygens (including phenoxy) is 1. The predicted molar refractivity (Wildman–Crippen MR) is 79.3 cm³/mol. The number of ketones is 1. The standard InChI is InChI=1S/C14H18N2O2S/c1-2-9-18-12-5-3-11(4-6-12)13(17)10-19-14-15-7-8-16-14/h3-6H,2,7-10H2,1H3,(H,15,16). The van der Waals surface area contributed by atoms with Gasteiger partial charge in [-0.3, -0.25) is 9.79 Å². The molecule has 0 aromatic heterocycles. The van der Waals surface area contributed by atoms with Crippen LogP contribution in [0.5, 0.6) is 5.75 Å². The van der Waals surface area contributed by atoms with Crippen LogP contribution in [-0.2, 0) is 0 Å². The lowest BCUT2D eigenvalue weighted by Gasteiger charge is -2.05. The third kappa shape index (κ3) is 4.28. The summed E-state index contributed by atoms with van der Waals surface area (Å²) in [6.07, 6.45) is 0.979. The van der Waals surface area contributed by atoms with Crippen LogP contribution in [0.15, 0.2) is 29.3 Å². The molecule has 19 heavy (non-hydrogen) atoms. The van der Waals surface area contributed by atoms with Gasteiger partial charge in [0, 0.05) is 12.1 Å². The van der Waals surface area contributed by atoms with Crippen molar-refractivity contribution in [1.29, 1.82) is 0 Å². The molecule has 2 rings (SSSR count). The van der Waals surface area contributed by atoms with Gasteiger partial charge in [-0.05, 0) is 30.7 Å². The highest BCUT2D eigenvalue weighted by atomic mass is 32.2. The average molecular weight is 278 g/mol. The number of benzene rings is 1. The summed E-state index contributed by atoms with van der Waals surface area (Å²) in [4.78, 5) is 16.2. The molecule has 1 aliphatic rings. The third-order valence-electron chi connectivity index (χ3n) is 2.63. The van der Waals surface area contributed by atoms with Crippen molar-refractivity contribution in [2.24, 2.45) is 4.99 Å². The van der Waals surface area contributed by atoms with Crippen molar-refractivity contribution in [2.45, 2.75) is 13.3 Å². The number of Topliss-reactive ketones (excluding diaryl/α,β-unsaturated/α-hetero) is 1. The van der Waals surface area contributed by atoms with Crippen LogP contribution < -0.4 is 10.1 Å². The van der Waals surface area contributed by atoms with Gasteiger partial charge < -0.3 is 10.1 Å². The van der Waals surface area contributed by atoms with Crippen LogP contribution in [0.1, 0.15) is 23.7 Å². The second-order valence-electron chi connectivity index (χ2n) is 4.20. The second-order valence-corrected chi connectivity index (χ2v) is 5.16. The maximum absolute atomic E-state index is 12.0. The number of aliphatic imine (C=N–C) groups is 1. The molecule has 0 saturated heterocycles. The van der Waals surface area contributed by atoms with Crippen LogP contribution in [-0.4, -0.2) is 36.4 Å². The van der Waals surface area contributed by atoms with Crippen molar-refractivity contribution < 1.29 is 9.53 Å². The maximum atomic E-state index is 12.0. The normalized spacial score (nSPS) is 13.8. The SMILES string of the molecule is CCCOc1ccc(C(=O)CSC2=NCCN2)cc1. The Labute approximate surface area is 117 Å². The fourth-order valence-electron chi connectivity index (χ4n) is 1.65. The predicted octanol–water partition coefficient (Wildman–Crippen LogP) is 2.35. The first kappa shape index (κ1) is 13.9. The molecule has 4 nitrogen and oxygen atoms in total. The van der Waals surface area contributed by atoms with Crippen molar-refractivity contribution in [3.05, 3.63) is 29.8 Å². The van der Waals surface area contributed by atoms with Gasteiger partial charge in [0.25, 0.3) is 0 Å². The molecule has 0 aliphatic carbocycles. The summed E-state index contributed by atoms with van der Waals surface area (Å²) in [7, 11) is 0. The van der Waals surface area contributed by atoms with Crippen molar-refractivity contribution in [2.75, 3.05) is 25.4 Å². The summed E-state index contributed by atoms with van der Waals surface area (Å²) < 4.78 is 5.49. The Morgan fingerprint density at radius 3 is 2.84 bits per heavy atom. The zero-order valence-corrected chi connectivity index (χ0v) is 11.8. The van der Waals surface area contributed by atoms with Crippen LogP contribution in [0.25, 0.3) is 0 Å². The molecule has 0 atom stereocenters. The number of amidine groups is 1. The first-order chi connectivity index (χ1) is 9.29. The zero-order valence-electron chi connectivity index (χ0n) is 11.0. The number of carbonyl (C=O) groups is 1. The van der Waals surface area contributed by atoms with E-state index >= 15 is 0 Å². The molecule has 1 N–H and O–H groups in total. The van der Waals surface area contributed by atoms with Crippen LogP contribution >= 0.6 is 11.8 Å². The summed E-state index contributed by atoms with van der Waals surface area (Å²) >= 11 is 1.46. The van der Waals surface area contributed by atoms with Crippen LogP contribution in [0.4, 0.5) is 0 Å². The van der Waals surface area contributed by atoms with Gasteiger partial charge >= 0.3 is 0 Å². The number of nitrogens with one attached hydrogen (secondary N) is 1. The van der Waals surface area contributed by atoms with E-state index in [0.29, 0.717) is 12.4 Å². The molecule has 0 spiro atoms. The van der Waals surface area contributed by atoms with Gasteiger partial charge in [-0.1, -0.05) is 18.7 Å². The van der Waals surface area contributed by atoms with E-state index in [-0.39, 0.29) is 5.78 Å². The minimum Gasteiger partial charge on any atom is -0.494 e. The van der Waals surface area contributed by atoms with Crippen molar-refractivity contribution in [3.63, 3.8) is 0 Å². The number of thioether (sulfide) groups is 1. The van der Waals surface area contributed by atoms with Crippen molar-refractivity contribution in [3.8, 4) is 5.75 Å². The highest BCUT2D eigenvalue weighted by molar-refractivity contribution is 8.14. The molecule has 0 unspecified atom stereocenters. The average Bonchev–Trinajstić information content (AvgIpc) is 2.96. The Bertz CT molecular complexity index is 457. The zero-order chi connectivity index (χ0) is 13.5. The number of rotatable bonds is 6. The molecule has 102 valence electrons. The molecule has 0 radical (unpaired) electrons. The van der Waals surface area contributed by atoms with E-state index in [1.165, 1.54) is 11.8 Å². The lowest BCUT2D eigenvalue weighted by Crippen LogP contribution is -2.17. The fourth-order valence-corrected chi connectivity index (χ4v) is 2.47. The number of carbonyl (C=O) groups excluding carboxylic acids is 1. The van der Waals surface area contributed by atoms with E-state index < -0.39 is 0 Å². The van der Waals surface area contributed by atoms with E-state index in [2.05, 4.69) is 17.2 Å². The minimum absolute atomic E-state index is 0.114. The van der Waals surface area contributed by atoms with Gasteiger partial charge in [-0.25, -0.2) is 0 Å². The Kier molecular flexibility index (Phi) is 5.27. The topological polar surface area (TPSA) is 50.7 Å². The molecule has 0 saturated carbocycles. The monoisotopic (exact) mass is 278 g/mol. The molecule has 0 bridgehead atoms. The maximum Gasteiger partial charge on any atom is 0.173 e. The van der Waals surface area contributed by atoms with Gasteiger partial charge in [0.15, 0.2) is 11.0 Å². The van der Waals surface area contributed by atoms with Crippen LogP contribution in [0, 0.1) is 0 Å². The Morgan fingerprint density at radius 1 is 1.42 bits per heavy atom. The van der Waals surface area contributed by atoms with E-state index in [0.717, 1.165) is 36.0 Å². The van der Waals surface area contributed by atoms with Crippen molar-refractivity contribution >= 4 is 22.7 Å². The Hall–Kier alpha value is -1.49. The van der Waals surface area contributed by atoms with E-state index in [1.807, 2.05) is 24.3 Å². The van der Waals surface area contributed by atoms with Crippen molar-refractivity contribution in [1.82, 2.24) is 5.32 Å². The van der Waals surface area contributed by atoms with Gasteiger partial charge in [-0.15, -0.1) is 0 Å². The summed E-state index contributed by atoms with van der Waals surface area (Å²) in [5.74, 6) is 1.34. The van der Waals surface area contributed by atoms with Crippen LogP contribution in [0.3, 0.4) is 0 Å². The first-order valence-corrected chi connectivity index (χ1v) is 7.45. The summed E-state index contributed by atoms with van der Waals surface area (Å²) in [5, 5.41) is 4.01. The van der Waals surface area contributed by atoms with Gasteiger partial charge in [0.1, 0.15) is 5.75 Å². The Morgan fingerprint density at radius 2 is 2.21 bits per heavy atom. The molecule has 1 aromatic rings. The lowest BCUT2D eigenvalue weighted by atomic mass is 10.1. The smallest absolute Gasteiger partial charge is 0.173 e. The molecule has 0 fully saturated rings. The Balaban J connectivity index is 1.84. The largest absolute Gasteiger partial charge is 0.494 e. The summed E-state index contributed by atoms with van der Waals surface area (Å²) in [6, 6.07) is 7.33. The fraction of sp³-hybridized carbons (Fsp3) is 0.429. The molecule has 1 aromatic carbocycles. The second kappa shape index (κ2) is 7.19. The van der Waals surface area contributed by atoms with Gasteiger partial charge in [-0.2, -0.15) is 0 Å². The lowest BCUT2D eigenvalue weighted by molar-refractivity contribution is 0.102. The molecule has 1 aliphatic heterocycles. The van der Waals surface area contributed by atoms with E-state index in [1.54, 1.807) is 0 Å². The highest BCUT2D eigenvalue weighted by Crippen LogP contribution is 2.15. The number of hydrogen-bond acceptors (Lipinski definition) is 5. The summed E-state index contributed by atoms with van der Waals surface area (Å²) in [5.41, 5.74) is 0.718. The highest BCUT2D eigenvalue weighted by Gasteiger charge is 2.10. The van der Waals surface area contributed by atoms with E-state index in [9.17, 15) is 4.79 Å². The number of nitrogens with zero attached hydrogens (tertiary/aromatic N) is 1. The summed E-state index contributed by atoms with van der Waals surface area (Å²) in [6.45, 7) is 4.45. The first-order valence-electron chi connectivity index (χ1n) is 6.47. The molecular formula is C14H18N2O2S. The minimum atomic E-state index is 0.114. The van der Waals surface area contributed by atoms with Gasteiger partial charge in [0.05, 0.1) is 18.9 Å². The molecular weight excluding hydrogens is 260 g/mol. The van der Waals surface area contributed by atoms with E-state index in [4.69, 9.17) is 4.74 Å². The molecule has 1 heterocycles. The quantitative estimate of drug-likeness (QED) is 0.812. The number of hydrogen-bond donors (Lipinski definition) is 1. The molecule has 5 heteroatoms.